The highest BCUT2D eigenvalue weighted by atomic mass is 16.1. The summed E-state index contributed by atoms with van der Waals surface area (Å²) in [6.45, 7) is 10.3. The number of rotatable bonds is 5. The van der Waals surface area contributed by atoms with Gasteiger partial charge in [-0.05, 0) is 18.8 Å². The van der Waals surface area contributed by atoms with Crippen molar-refractivity contribution in [2.75, 3.05) is 0 Å². The molecule has 1 saturated carbocycles. The number of hydrogen-bond acceptors (Lipinski definition) is 1. The SMILES string of the molecule is C=C[C@@]1(C)C(=O)C[C@]1(C)CCCCC. The Balaban J connectivity index is 2.58. The smallest absolute Gasteiger partial charge is 0.143 e. The lowest BCUT2D eigenvalue weighted by Gasteiger charge is -2.53. The summed E-state index contributed by atoms with van der Waals surface area (Å²) in [5, 5.41) is 0. The Morgan fingerprint density at radius 2 is 2.07 bits per heavy atom. The van der Waals surface area contributed by atoms with E-state index in [2.05, 4.69) is 20.4 Å². The van der Waals surface area contributed by atoms with Gasteiger partial charge in [0.05, 0.1) is 0 Å². The normalized spacial score (nSPS) is 36.6. The van der Waals surface area contributed by atoms with Crippen LogP contribution in [0.2, 0.25) is 0 Å². The van der Waals surface area contributed by atoms with Gasteiger partial charge in [-0.3, -0.25) is 4.79 Å². The van der Waals surface area contributed by atoms with Crippen LogP contribution in [-0.2, 0) is 4.79 Å². The molecule has 2 atom stereocenters. The fourth-order valence-corrected chi connectivity index (χ4v) is 2.42. The van der Waals surface area contributed by atoms with Crippen molar-refractivity contribution >= 4 is 5.78 Å². The highest BCUT2D eigenvalue weighted by Crippen LogP contribution is 2.57. The predicted molar refractivity (Wildman–Crippen MR) is 60.2 cm³/mol. The zero-order chi connectivity index (χ0) is 10.8. The van der Waals surface area contributed by atoms with E-state index in [4.69, 9.17) is 0 Å². The summed E-state index contributed by atoms with van der Waals surface area (Å²) in [6, 6.07) is 0. The molecule has 0 aromatic carbocycles. The van der Waals surface area contributed by atoms with E-state index in [9.17, 15) is 4.79 Å². The minimum atomic E-state index is -0.249. The second-order valence-electron chi connectivity index (χ2n) is 5.02. The lowest BCUT2D eigenvalue weighted by molar-refractivity contribution is -0.150. The molecule has 0 amide bonds. The van der Waals surface area contributed by atoms with Gasteiger partial charge in [0.1, 0.15) is 5.78 Å². The van der Waals surface area contributed by atoms with Gasteiger partial charge >= 0.3 is 0 Å². The van der Waals surface area contributed by atoms with E-state index in [0.717, 1.165) is 12.8 Å². The lowest BCUT2D eigenvalue weighted by atomic mass is 9.48. The fourth-order valence-electron chi connectivity index (χ4n) is 2.42. The van der Waals surface area contributed by atoms with Gasteiger partial charge in [-0.15, -0.1) is 6.58 Å². The van der Waals surface area contributed by atoms with E-state index in [-0.39, 0.29) is 10.8 Å². The first kappa shape index (κ1) is 11.5. The minimum absolute atomic E-state index is 0.182. The van der Waals surface area contributed by atoms with E-state index >= 15 is 0 Å². The van der Waals surface area contributed by atoms with E-state index in [0.29, 0.717) is 5.78 Å². The predicted octanol–water partition coefficient (Wildman–Crippen LogP) is 3.74. The van der Waals surface area contributed by atoms with E-state index in [1.54, 1.807) is 0 Å². The van der Waals surface area contributed by atoms with Gasteiger partial charge in [-0.1, -0.05) is 39.2 Å². The molecule has 0 aromatic heterocycles. The van der Waals surface area contributed by atoms with Gasteiger partial charge in [-0.25, -0.2) is 0 Å². The Labute approximate surface area is 87.6 Å². The van der Waals surface area contributed by atoms with E-state index < -0.39 is 0 Å². The largest absolute Gasteiger partial charge is 0.299 e. The molecule has 1 aliphatic carbocycles. The van der Waals surface area contributed by atoms with Crippen LogP contribution in [0.1, 0.15) is 52.9 Å². The van der Waals surface area contributed by atoms with Crippen molar-refractivity contribution in [3.8, 4) is 0 Å². The molecule has 0 saturated heterocycles. The Hall–Kier alpha value is -0.590. The van der Waals surface area contributed by atoms with Crippen molar-refractivity contribution in [1.29, 1.82) is 0 Å². The maximum Gasteiger partial charge on any atom is 0.143 e. The van der Waals surface area contributed by atoms with Crippen molar-refractivity contribution in [1.82, 2.24) is 0 Å². The number of hydrogen-bond donors (Lipinski definition) is 0. The molecule has 0 radical (unpaired) electrons. The van der Waals surface area contributed by atoms with Gasteiger partial charge in [-0.2, -0.15) is 0 Å². The van der Waals surface area contributed by atoms with Gasteiger partial charge in [0.15, 0.2) is 0 Å². The number of Topliss-reactive ketones (excluding diaryl/α,β-unsaturated/α-hetero) is 1. The molecule has 1 rings (SSSR count). The lowest BCUT2D eigenvalue weighted by Crippen LogP contribution is -2.54. The summed E-state index contributed by atoms with van der Waals surface area (Å²) in [6.07, 6.45) is 7.52. The van der Waals surface area contributed by atoms with Gasteiger partial charge in [0, 0.05) is 11.8 Å². The van der Waals surface area contributed by atoms with Crippen molar-refractivity contribution in [2.45, 2.75) is 52.9 Å². The maximum atomic E-state index is 11.6. The van der Waals surface area contributed by atoms with Crippen LogP contribution in [0.5, 0.6) is 0 Å². The average molecular weight is 194 g/mol. The van der Waals surface area contributed by atoms with Crippen molar-refractivity contribution in [3.63, 3.8) is 0 Å². The molecule has 0 unspecified atom stereocenters. The van der Waals surface area contributed by atoms with Crippen LogP contribution in [0.3, 0.4) is 0 Å². The Morgan fingerprint density at radius 1 is 1.43 bits per heavy atom. The quantitative estimate of drug-likeness (QED) is 0.481. The summed E-state index contributed by atoms with van der Waals surface area (Å²) in [5.41, 5.74) is -0.0677. The first-order chi connectivity index (χ1) is 6.50. The molecule has 0 heterocycles. The molecular weight excluding hydrogens is 172 g/mol. The topological polar surface area (TPSA) is 17.1 Å². The summed E-state index contributed by atoms with van der Waals surface area (Å²) < 4.78 is 0. The standard InChI is InChI=1S/C13H22O/c1-5-7-8-9-12(3)10-11(14)13(12,4)6-2/h6H,2,5,7-10H2,1,3-4H3/t12-,13-/m0/s1. The maximum absolute atomic E-state index is 11.6. The number of ketones is 1. The van der Waals surface area contributed by atoms with Crippen LogP contribution in [0.4, 0.5) is 0 Å². The van der Waals surface area contributed by atoms with Crippen LogP contribution in [0.25, 0.3) is 0 Å². The minimum Gasteiger partial charge on any atom is -0.299 e. The third-order valence-corrected chi connectivity index (χ3v) is 4.12. The molecule has 0 N–H and O–H groups in total. The number of allylic oxidation sites excluding steroid dienone is 1. The molecule has 1 fully saturated rings. The molecule has 0 aromatic rings. The van der Waals surface area contributed by atoms with Crippen molar-refractivity contribution < 1.29 is 4.79 Å². The molecule has 14 heavy (non-hydrogen) atoms. The third-order valence-electron chi connectivity index (χ3n) is 4.12. The number of carbonyl (C=O) groups is 1. The Morgan fingerprint density at radius 3 is 2.50 bits per heavy atom. The Bertz CT molecular complexity index is 244. The van der Waals surface area contributed by atoms with E-state index in [1.165, 1.54) is 19.3 Å². The Kier molecular flexibility index (Phi) is 3.18. The number of unbranched alkanes of at least 4 members (excludes halogenated alkanes) is 2. The van der Waals surface area contributed by atoms with Gasteiger partial charge in [0.25, 0.3) is 0 Å². The summed E-state index contributed by atoms with van der Waals surface area (Å²) in [7, 11) is 0. The van der Waals surface area contributed by atoms with Crippen LogP contribution in [0.15, 0.2) is 12.7 Å². The first-order valence-corrected chi connectivity index (χ1v) is 5.67. The molecule has 0 bridgehead atoms. The summed E-state index contributed by atoms with van der Waals surface area (Å²) in [5.74, 6) is 0.367. The molecule has 1 heteroatoms. The third kappa shape index (κ3) is 1.53. The van der Waals surface area contributed by atoms with Crippen LogP contribution in [0, 0.1) is 10.8 Å². The molecular formula is C13H22O. The molecule has 1 nitrogen and oxygen atoms in total. The first-order valence-electron chi connectivity index (χ1n) is 5.67. The molecule has 0 spiro atoms. The summed E-state index contributed by atoms with van der Waals surface area (Å²) in [4.78, 5) is 11.6. The number of carbonyl (C=O) groups excluding carboxylic acids is 1. The second kappa shape index (κ2) is 3.88. The molecule has 0 aliphatic heterocycles. The van der Waals surface area contributed by atoms with Crippen LogP contribution < -0.4 is 0 Å². The monoisotopic (exact) mass is 194 g/mol. The fraction of sp³-hybridized carbons (Fsp3) is 0.769. The second-order valence-corrected chi connectivity index (χ2v) is 5.02. The molecule has 1 aliphatic rings. The highest BCUT2D eigenvalue weighted by Gasteiger charge is 2.57. The van der Waals surface area contributed by atoms with Crippen LogP contribution in [-0.4, -0.2) is 5.78 Å². The van der Waals surface area contributed by atoms with Crippen molar-refractivity contribution in [2.24, 2.45) is 10.8 Å². The van der Waals surface area contributed by atoms with Crippen LogP contribution >= 0.6 is 0 Å². The van der Waals surface area contributed by atoms with E-state index in [1.807, 2.05) is 13.0 Å². The summed E-state index contributed by atoms with van der Waals surface area (Å²) >= 11 is 0. The average Bonchev–Trinajstić information content (AvgIpc) is 2.17. The zero-order valence-electron chi connectivity index (χ0n) is 9.73. The van der Waals surface area contributed by atoms with Gasteiger partial charge < -0.3 is 0 Å². The van der Waals surface area contributed by atoms with Gasteiger partial charge in [0.2, 0.25) is 0 Å². The zero-order valence-corrected chi connectivity index (χ0v) is 9.73. The highest BCUT2D eigenvalue weighted by molar-refractivity contribution is 5.94. The molecule has 80 valence electrons. The van der Waals surface area contributed by atoms with Crippen molar-refractivity contribution in [3.05, 3.63) is 12.7 Å².